The van der Waals surface area contributed by atoms with Crippen LogP contribution in [0.3, 0.4) is 0 Å². The van der Waals surface area contributed by atoms with E-state index in [2.05, 4.69) is 96.8 Å². The molecule has 8 aliphatic carbocycles. The fourth-order valence-electron chi connectivity index (χ4n) is 5.24. The second kappa shape index (κ2) is 9.36. The zero-order valence-corrected chi connectivity index (χ0v) is 19.7. The van der Waals surface area contributed by atoms with E-state index in [1.165, 1.54) is 55.6 Å². The molecule has 0 atom stereocenters. The van der Waals surface area contributed by atoms with Crippen molar-refractivity contribution >= 4 is 0 Å². The molecule has 0 saturated heterocycles. The third kappa shape index (κ3) is 4.71. The molecule has 166 valence electrons. The second-order valence-electron chi connectivity index (χ2n) is 9.87. The maximum absolute atomic E-state index is 3.62. The SMILES string of the molecule is C(#Cc1cc2ccc1CCc1ccc(cc1)CC2)c1cc2ccc1CCc1ccc(cc1)CC2. The van der Waals surface area contributed by atoms with Crippen LogP contribution in [0, 0.1) is 11.8 Å². The van der Waals surface area contributed by atoms with E-state index in [4.69, 9.17) is 0 Å². The lowest BCUT2D eigenvalue weighted by Crippen LogP contribution is -2.01. The Hall–Kier alpha value is -3.56. The molecule has 0 radical (unpaired) electrons. The molecule has 0 aliphatic heterocycles. The van der Waals surface area contributed by atoms with Gasteiger partial charge in [-0.2, -0.15) is 0 Å². The van der Waals surface area contributed by atoms with Crippen LogP contribution in [0.1, 0.15) is 55.6 Å². The first-order valence-corrected chi connectivity index (χ1v) is 12.7. The van der Waals surface area contributed by atoms with Gasteiger partial charge in [-0.05, 0) is 108 Å². The van der Waals surface area contributed by atoms with Crippen molar-refractivity contribution in [3.05, 3.63) is 141 Å². The van der Waals surface area contributed by atoms with Gasteiger partial charge in [-0.25, -0.2) is 0 Å². The lowest BCUT2D eigenvalue weighted by molar-refractivity contribution is 0.917. The summed E-state index contributed by atoms with van der Waals surface area (Å²) in [6.07, 6.45) is 8.49. The Morgan fingerprint density at radius 3 is 1.00 bits per heavy atom. The first kappa shape index (κ1) is 21.0. The second-order valence-corrected chi connectivity index (χ2v) is 9.87. The molecule has 8 aliphatic rings. The molecule has 34 heavy (non-hydrogen) atoms. The van der Waals surface area contributed by atoms with E-state index in [0.717, 1.165) is 51.4 Å². The summed E-state index contributed by atoms with van der Waals surface area (Å²) >= 11 is 0. The normalized spacial score (nSPS) is 14.5. The van der Waals surface area contributed by atoms with Gasteiger partial charge in [0.25, 0.3) is 0 Å². The predicted molar refractivity (Wildman–Crippen MR) is 141 cm³/mol. The molecule has 0 saturated carbocycles. The Kier molecular flexibility index (Phi) is 5.78. The van der Waals surface area contributed by atoms with E-state index in [1.54, 1.807) is 0 Å². The third-order valence-corrected chi connectivity index (χ3v) is 7.50. The molecular weight excluding hydrogens is 408 g/mol. The summed E-state index contributed by atoms with van der Waals surface area (Å²) in [6.45, 7) is 0. The molecule has 4 aromatic carbocycles. The first-order chi connectivity index (χ1) is 16.8. The monoisotopic (exact) mass is 438 g/mol. The third-order valence-electron chi connectivity index (χ3n) is 7.50. The van der Waals surface area contributed by atoms with E-state index < -0.39 is 0 Å². The highest BCUT2D eigenvalue weighted by Gasteiger charge is 2.09. The highest BCUT2D eigenvalue weighted by Crippen LogP contribution is 2.21. The summed E-state index contributed by atoms with van der Waals surface area (Å²) in [4.78, 5) is 0. The predicted octanol–water partition coefficient (Wildman–Crippen LogP) is 6.85. The van der Waals surface area contributed by atoms with E-state index in [1.807, 2.05) is 0 Å². The van der Waals surface area contributed by atoms with Crippen molar-refractivity contribution in [2.75, 3.05) is 0 Å². The van der Waals surface area contributed by atoms with Crippen LogP contribution < -0.4 is 0 Å². The van der Waals surface area contributed by atoms with Gasteiger partial charge in [0.1, 0.15) is 0 Å². The van der Waals surface area contributed by atoms with Crippen molar-refractivity contribution in [1.29, 1.82) is 0 Å². The molecule has 0 nitrogen and oxygen atoms in total. The molecule has 8 bridgehead atoms. The summed E-state index contributed by atoms with van der Waals surface area (Å²) in [5.41, 5.74) is 13.6. The number of benzene rings is 4. The Balaban J connectivity index is 1.34. The molecular formula is C34H30. The van der Waals surface area contributed by atoms with Crippen molar-refractivity contribution < 1.29 is 0 Å². The zero-order valence-electron chi connectivity index (χ0n) is 19.7. The van der Waals surface area contributed by atoms with Crippen molar-refractivity contribution in [1.82, 2.24) is 0 Å². The van der Waals surface area contributed by atoms with Gasteiger partial charge in [0.05, 0.1) is 0 Å². The lowest BCUT2D eigenvalue weighted by atomic mass is 9.92. The molecule has 0 unspecified atom stereocenters. The standard InChI is InChI=1S/C34H30/c1-5-27-6-2-25(1)9-11-29-15-19-31(17-13-27)33(23-29)21-22-34-24-30-12-10-26-3-7-28(8-4-26)14-18-32(34)20-16-30/h1-8,15-16,19-20,23-24H,9-14,17-18H2. The minimum Gasteiger partial charge on any atom is -0.0613 e. The smallest absolute Gasteiger partial charge is 0.0283 e. The van der Waals surface area contributed by atoms with E-state index >= 15 is 0 Å². The maximum Gasteiger partial charge on any atom is 0.0283 e. The molecule has 0 amide bonds. The van der Waals surface area contributed by atoms with Gasteiger partial charge in [0.2, 0.25) is 0 Å². The minimum atomic E-state index is 1.03. The quantitative estimate of drug-likeness (QED) is 0.263. The molecule has 0 heterocycles. The van der Waals surface area contributed by atoms with Crippen LogP contribution in [-0.2, 0) is 51.4 Å². The topological polar surface area (TPSA) is 0 Å². The van der Waals surface area contributed by atoms with Crippen LogP contribution in [-0.4, -0.2) is 0 Å². The lowest BCUT2D eigenvalue weighted by Gasteiger charge is -2.12. The molecule has 4 aromatic rings. The highest BCUT2D eigenvalue weighted by molar-refractivity contribution is 5.52. The van der Waals surface area contributed by atoms with Crippen molar-refractivity contribution in [2.45, 2.75) is 51.4 Å². The van der Waals surface area contributed by atoms with Gasteiger partial charge >= 0.3 is 0 Å². The molecule has 0 aromatic heterocycles. The van der Waals surface area contributed by atoms with Gasteiger partial charge in [-0.15, -0.1) is 0 Å². The van der Waals surface area contributed by atoms with E-state index in [-0.39, 0.29) is 0 Å². The molecule has 0 spiro atoms. The minimum absolute atomic E-state index is 1.03. The average molecular weight is 439 g/mol. The van der Waals surface area contributed by atoms with Crippen LogP contribution in [0.25, 0.3) is 0 Å². The fraction of sp³-hybridized carbons (Fsp3) is 0.235. The summed E-state index contributed by atoms with van der Waals surface area (Å²) in [6, 6.07) is 32.3. The van der Waals surface area contributed by atoms with Crippen molar-refractivity contribution in [3.8, 4) is 11.8 Å². The number of hydrogen-bond donors (Lipinski definition) is 0. The highest BCUT2D eigenvalue weighted by atomic mass is 14.1. The molecule has 0 N–H and O–H groups in total. The molecule has 0 heteroatoms. The van der Waals surface area contributed by atoms with Crippen LogP contribution in [0.15, 0.2) is 84.9 Å². The summed E-state index contributed by atoms with van der Waals surface area (Å²) in [7, 11) is 0. The number of aryl methyl sites for hydroxylation is 8. The van der Waals surface area contributed by atoms with Crippen LogP contribution >= 0.6 is 0 Å². The molecule has 0 fully saturated rings. The van der Waals surface area contributed by atoms with Crippen LogP contribution in [0.2, 0.25) is 0 Å². The largest absolute Gasteiger partial charge is 0.0613 e. The average Bonchev–Trinajstić information content (AvgIpc) is 2.86. The van der Waals surface area contributed by atoms with Crippen molar-refractivity contribution in [3.63, 3.8) is 0 Å². The van der Waals surface area contributed by atoms with Gasteiger partial charge in [-0.1, -0.05) is 84.6 Å². The number of hydrogen-bond acceptors (Lipinski definition) is 0. The Morgan fingerprint density at radius 1 is 0.324 bits per heavy atom. The Labute approximate surface area is 203 Å². The Morgan fingerprint density at radius 2 is 0.618 bits per heavy atom. The van der Waals surface area contributed by atoms with Gasteiger partial charge in [0, 0.05) is 11.1 Å². The summed E-state index contributed by atoms with van der Waals surface area (Å²) < 4.78 is 0. The maximum atomic E-state index is 3.62. The zero-order chi connectivity index (χ0) is 22.7. The molecule has 12 rings (SSSR count). The van der Waals surface area contributed by atoms with Crippen molar-refractivity contribution in [2.24, 2.45) is 0 Å². The van der Waals surface area contributed by atoms with Gasteiger partial charge in [0.15, 0.2) is 0 Å². The van der Waals surface area contributed by atoms with Crippen LogP contribution in [0.5, 0.6) is 0 Å². The summed E-state index contributed by atoms with van der Waals surface area (Å²) in [5, 5.41) is 0. The summed E-state index contributed by atoms with van der Waals surface area (Å²) in [5.74, 6) is 7.25. The number of rotatable bonds is 0. The van der Waals surface area contributed by atoms with Crippen LogP contribution in [0.4, 0.5) is 0 Å². The Bertz CT molecular complexity index is 1270. The first-order valence-electron chi connectivity index (χ1n) is 12.7. The van der Waals surface area contributed by atoms with E-state index in [9.17, 15) is 0 Å². The van der Waals surface area contributed by atoms with E-state index in [0.29, 0.717) is 0 Å². The fourth-order valence-corrected chi connectivity index (χ4v) is 5.24. The van der Waals surface area contributed by atoms with Gasteiger partial charge < -0.3 is 0 Å². The van der Waals surface area contributed by atoms with Gasteiger partial charge in [-0.3, -0.25) is 0 Å².